The van der Waals surface area contributed by atoms with Gasteiger partial charge in [-0.15, -0.1) is 0 Å². The third-order valence-electron chi connectivity index (χ3n) is 12.5. The van der Waals surface area contributed by atoms with Gasteiger partial charge in [-0.25, -0.2) is 9.59 Å². The van der Waals surface area contributed by atoms with Gasteiger partial charge in [-0.3, -0.25) is 18.7 Å². The molecule has 4 heterocycles. The van der Waals surface area contributed by atoms with Crippen molar-refractivity contribution in [1.82, 2.24) is 29.1 Å². The van der Waals surface area contributed by atoms with Crippen LogP contribution in [0.25, 0.3) is 21.8 Å². The SMILES string of the molecule is COc1c(N2CCC(C)(CNCCC#N)C2)ccc2c(=O)n(N)c(=O)n(C3CC3)c12.Cc1c(N2CCC(C)(CNCCC#N)C2)ccc2c(=O)n(N)c(=O)n(C3CC3)c12. The van der Waals surface area contributed by atoms with Crippen molar-refractivity contribution in [1.29, 1.82) is 10.5 Å². The highest BCUT2D eigenvalue weighted by molar-refractivity contribution is 5.91. The summed E-state index contributed by atoms with van der Waals surface area (Å²) in [5, 5.41) is 25.1. The molecule has 6 N–H and O–H groups in total. The van der Waals surface area contributed by atoms with Crippen LogP contribution in [0.2, 0.25) is 0 Å². The minimum absolute atomic E-state index is 0.0488. The molecule has 2 aromatic heterocycles. The predicted octanol–water partition coefficient (Wildman–Crippen LogP) is 2.18. The molecule has 2 aromatic carbocycles. The molecule has 17 nitrogen and oxygen atoms in total. The van der Waals surface area contributed by atoms with Gasteiger partial charge in [0.25, 0.3) is 11.1 Å². The van der Waals surface area contributed by atoms with Crippen molar-refractivity contribution < 1.29 is 4.74 Å². The molecule has 59 heavy (non-hydrogen) atoms. The summed E-state index contributed by atoms with van der Waals surface area (Å²) in [5.74, 6) is 12.1. The Morgan fingerprint density at radius 3 is 1.63 bits per heavy atom. The number of ether oxygens (including phenoxy) is 1. The molecule has 0 spiro atoms. The molecule has 2 atom stereocenters. The number of fused-ring (bicyclic) bond motifs is 2. The second-order valence-electron chi connectivity index (χ2n) is 17.4. The van der Waals surface area contributed by atoms with Gasteiger partial charge in [-0.1, -0.05) is 13.8 Å². The number of anilines is 2. The number of nitrogens with zero attached hydrogens (tertiary/aromatic N) is 8. The maximum absolute atomic E-state index is 12.8. The van der Waals surface area contributed by atoms with Crippen molar-refractivity contribution in [3.63, 3.8) is 0 Å². The Kier molecular flexibility index (Phi) is 11.5. The zero-order chi connectivity index (χ0) is 42.2. The average molecular weight is 809 g/mol. The van der Waals surface area contributed by atoms with E-state index in [1.54, 1.807) is 22.3 Å². The number of rotatable bonds is 13. The highest BCUT2D eigenvalue weighted by atomic mass is 16.5. The van der Waals surface area contributed by atoms with E-state index in [1.165, 1.54) is 0 Å². The first-order valence-electron chi connectivity index (χ1n) is 20.6. The molecule has 17 heteroatoms. The smallest absolute Gasteiger partial charge is 0.350 e. The van der Waals surface area contributed by atoms with Crippen molar-refractivity contribution in [2.75, 3.05) is 81.0 Å². The standard InChI is InChI=1S/C21H28N6O3.C21H28N6O2/c1-21(12-24-10-3-9-22)8-11-25(13-21)16-7-6-15-17(18(16)30-2)26(14-4-5-14)20(29)27(23)19(15)28;1-14-17(25-11-8-21(2,13-25)12-24-10-3-9-22)7-6-16-18(14)26(15-4-5-15)20(29)27(23)19(16)28/h6-7,14,24H,3-5,8,10-13,23H2,1-2H3;6-7,15,24H,3-5,8,10-13,23H2,1-2H3. The van der Waals surface area contributed by atoms with Crippen LogP contribution < -0.4 is 59.4 Å². The lowest BCUT2D eigenvalue weighted by atomic mass is 9.90. The van der Waals surface area contributed by atoms with Gasteiger partial charge in [-0.2, -0.15) is 19.9 Å². The molecule has 4 fully saturated rings. The van der Waals surface area contributed by atoms with Crippen LogP contribution in [-0.2, 0) is 0 Å². The summed E-state index contributed by atoms with van der Waals surface area (Å²) in [6.07, 6.45) is 6.70. The number of methoxy groups -OCH3 is 1. The topological polar surface area (TPSA) is 227 Å². The average Bonchev–Trinajstić information content (AvgIpc) is 4.17. The van der Waals surface area contributed by atoms with E-state index in [9.17, 15) is 19.2 Å². The van der Waals surface area contributed by atoms with E-state index in [4.69, 9.17) is 26.9 Å². The number of nitrogen functional groups attached to an aromatic ring is 2. The monoisotopic (exact) mass is 808 g/mol. The molecular formula is C42H56N12O5. The van der Waals surface area contributed by atoms with Crippen LogP contribution in [0, 0.1) is 40.4 Å². The summed E-state index contributed by atoms with van der Waals surface area (Å²) in [4.78, 5) is 55.3. The van der Waals surface area contributed by atoms with E-state index in [0.29, 0.717) is 52.6 Å². The number of nitriles is 2. The predicted molar refractivity (Wildman–Crippen MR) is 229 cm³/mol. The molecule has 0 radical (unpaired) electrons. The van der Waals surface area contributed by atoms with Gasteiger partial charge in [0, 0.05) is 83.0 Å². The largest absolute Gasteiger partial charge is 0.492 e. The first kappa shape index (κ1) is 41.4. The molecular weight excluding hydrogens is 753 g/mol. The van der Waals surface area contributed by atoms with Gasteiger partial charge >= 0.3 is 11.4 Å². The molecule has 2 saturated heterocycles. The summed E-state index contributed by atoms with van der Waals surface area (Å²) in [7, 11) is 1.58. The Labute approximate surface area is 342 Å². The fraction of sp³-hybridized carbons (Fsp3) is 0.571. The van der Waals surface area contributed by atoms with E-state index in [2.05, 4.69) is 46.4 Å². The number of aromatic nitrogens is 4. The van der Waals surface area contributed by atoms with Gasteiger partial charge in [0.05, 0.1) is 41.2 Å². The summed E-state index contributed by atoms with van der Waals surface area (Å²) in [6.45, 7) is 13.0. The fourth-order valence-electron chi connectivity index (χ4n) is 8.95. The van der Waals surface area contributed by atoms with Crippen LogP contribution in [0.3, 0.4) is 0 Å². The Morgan fingerprint density at radius 2 is 1.17 bits per heavy atom. The maximum atomic E-state index is 12.8. The Bertz CT molecular complexity index is 2590. The van der Waals surface area contributed by atoms with Crippen LogP contribution >= 0.6 is 0 Å². The molecule has 2 aliphatic heterocycles. The van der Waals surface area contributed by atoms with Crippen LogP contribution in [-0.4, -0.2) is 78.0 Å². The number of aryl methyl sites for hydroxylation is 1. The molecule has 0 amide bonds. The number of hydrogen-bond donors (Lipinski definition) is 4. The van der Waals surface area contributed by atoms with E-state index >= 15 is 0 Å². The van der Waals surface area contributed by atoms with Crippen LogP contribution in [0.5, 0.6) is 5.75 Å². The Morgan fingerprint density at radius 1 is 0.729 bits per heavy atom. The summed E-state index contributed by atoms with van der Waals surface area (Å²) >= 11 is 0. The van der Waals surface area contributed by atoms with E-state index in [-0.39, 0.29) is 22.9 Å². The first-order valence-corrected chi connectivity index (χ1v) is 20.6. The van der Waals surface area contributed by atoms with Crippen LogP contribution in [0.15, 0.2) is 43.4 Å². The van der Waals surface area contributed by atoms with E-state index < -0.39 is 22.5 Å². The summed E-state index contributed by atoms with van der Waals surface area (Å²) in [6, 6.07) is 11.9. The normalized spacial score (nSPS) is 21.4. The van der Waals surface area contributed by atoms with Gasteiger partial charge in [0.15, 0.2) is 5.75 Å². The van der Waals surface area contributed by atoms with Crippen LogP contribution in [0.1, 0.15) is 82.9 Å². The number of hydrogen-bond acceptors (Lipinski definition) is 13. The number of nitrogens with one attached hydrogen (secondary N) is 2. The van der Waals surface area contributed by atoms with Crippen molar-refractivity contribution in [3.8, 4) is 17.9 Å². The Hall–Kier alpha value is -5.78. The first-order chi connectivity index (χ1) is 28.3. The molecule has 4 aromatic rings. The third-order valence-corrected chi connectivity index (χ3v) is 12.5. The highest BCUT2D eigenvalue weighted by Gasteiger charge is 2.38. The molecule has 2 unspecified atom stereocenters. The lowest BCUT2D eigenvalue weighted by molar-refractivity contribution is 0.345. The number of benzene rings is 2. The quantitative estimate of drug-likeness (QED) is 0.112. The maximum Gasteiger partial charge on any atom is 0.350 e. The van der Waals surface area contributed by atoms with E-state index in [1.807, 2.05) is 25.1 Å². The van der Waals surface area contributed by atoms with E-state index in [0.717, 1.165) is 105 Å². The van der Waals surface area contributed by atoms with Gasteiger partial charge in [-0.05, 0) is 86.1 Å². The third kappa shape index (κ3) is 8.01. The Balaban J connectivity index is 0.000000179. The van der Waals surface area contributed by atoms with Crippen molar-refractivity contribution >= 4 is 33.2 Å². The van der Waals surface area contributed by atoms with Crippen molar-refractivity contribution in [2.24, 2.45) is 10.8 Å². The summed E-state index contributed by atoms with van der Waals surface area (Å²) < 4.78 is 10.5. The second-order valence-corrected chi connectivity index (χ2v) is 17.4. The van der Waals surface area contributed by atoms with Gasteiger partial charge in [0.1, 0.15) is 5.52 Å². The lowest BCUT2D eigenvalue weighted by Crippen LogP contribution is -2.44. The molecule has 2 saturated carbocycles. The minimum Gasteiger partial charge on any atom is -0.492 e. The molecule has 4 aliphatic rings. The fourth-order valence-corrected chi connectivity index (χ4v) is 8.95. The van der Waals surface area contributed by atoms with Crippen molar-refractivity contribution in [3.05, 3.63) is 71.5 Å². The van der Waals surface area contributed by atoms with Crippen LogP contribution in [0.4, 0.5) is 11.4 Å². The molecule has 2 aliphatic carbocycles. The van der Waals surface area contributed by atoms with Gasteiger partial charge < -0.3 is 36.9 Å². The molecule has 314 valence electrons. The zero-order valence-electron chi connectivity index (χ0n) is 34.6. The molecule has 0 bridgehead atoms. The lowest BCUT2D eigenvalue weighted by Gasteiger charge is -2.27. The minimum atomic E-state index is -0.510. The van der Waals surface area contributed by atoms with Crippen molar-refractivity contribution in [2.45, 2.75) is 84.2 Å². The number of nitrogens with two attached hydrogens (primary N) is 2. The molecule has 8 rings (SSSR count). The second kappa shape index (κ2) is 16.5. The highest BCUT2D eigenvalue weighted by Crippen LogP contribution is 2.44. The zero-order valence-corrected chi connectivity index (χ0v) is 34.6. The van der Waals surface area contributed by atoms with Gasteiger partial charge in [0.2, 0.25) is 0 Å². The summed E-state index contributed by atoms with van der Waals surface area (Å²) in [5.41, 5.74) is 2.48.